The third-order valence-electron chi connectivity index (χ3n) is 2.09. The molecule has 1 N–H and O–H groups in total. The summed E-state index contributed by atoms with van der Waals surface area (Å²) in [6.45, 7) is 3.64. The molecule has 0 spiro atoms. The molecule has 1 saturated heterocycles. The average molecular weight is 187 g/mol. The SMILES string of the molecule is CC(=O)N1[C@@H](C)COC[C@H]1C(=O)O. The summed E-state index contributed by atoms with van der Waals surface area (Å²) >= 11 is 0. The van der Waals surface area contributed by atoms with Crippen molar-refractivity contribution in [2.45, 2.75) is 25.9 Å². The van der Waals surface area contributed by atoms with Crippen LogP contribution in [0, 0.1) is 0 Å². The van der Waals surface area contributed by atoms with Gasteiger partial charge in [-0.05, 0) is 6.92 Å². The quantitative estimate of drug-likeness (QED) is 0.612. The maximum Gasteiger partial charge on any atom is 0.328 e. The van der Waals surface area contributed by atoms with Gasteiger partial charge in [0.25, 0.3) is 0 Å². The molecule has 1 fully saturated rings. The van der Waals surface area contributed by atoms with Crippen molar-refractivity contribution in [3.63, 3.8) is 0 Å². The Bertz CT molecular complexity index is 228. The van der Waals surface area contributed by atoms with Crippen LogP contribution in [0.2, 0.25) is 0 Å². The van der Waals surface area contributed by atoms with Gasteiger partial charge in [0, 0.05) is 6.92 Å². The molecule has 0 unspecified atom stereocenters. The van der Waals surface area contributed by atoms with Gasteiger partial charge in [0.2, 0.25) is 5.91 Å². The predicted molar refractivity (Wildman–Crippen MR) is 44.2 cm³/mol. The van der Waals surface area contributed by atoms with Gasteiger partial charge in [0.1, 0.15) is 0 Å². The van der Waals surface area contributed by atoms with E-state index in [-0.39, 0.29) is 18.6 Å². The lowest BCUT2D eigenvalue weighted by atomic mass is 10.1. The molecule has 0 aliphatic carbocycles. The van der Waals surface area contributed by atoms with Crippen molar-refractivity contribution < 1.29 is 19.4 Å². The van der Waals surface area contributed by atoms with Crippen LogP contribution in [-0.2, 0) is 14.3 Å². The number of hydrogen-bond acceptors (Lipinski definition) is 3. The van der Waals surface area contributed by atoms with E-state index in [4.69, 9.17) is 9.84 Å². The number of hydrogen-bond donors (Lipinski definition) is 1. The molecule has 13 heavy (non-hydrogen) atoms. The summed E-state index contributed by atoms with van der Waals surface area (Å²) in [5, 5.41) is 8.80. The first-order valence-electron chi connectivity index (χ1n) is 4.13. The summed E-state index contributed by atoms with van der Waals surface area (Å²) in [5.41, 5.74) is 0. The fourth-order valence-corrected chi connectivity index (χ4v) is 1.54. The van der Waals surface area contributed by atoms with E-state index in [0.717, 1.165) is 0 Å². The lowest BCUT2D eigenvalue weighted by molar-refractivity contribution is -0.161. The smallest absolute Gasteiger partial charge is 0.328 e. The van der Waals surface area contributed by atoms with E-state index in [9.17, 15) is 9.59 Å². The summed E-state index contributed by atoms with van der Waals surface area (Å²) in [4.78, 5) is 23.2. The van der Waals surface area contributed by atoms with E-state index in [0.29, 0.717) is 6.61 Å². The molecule has 1 rings (SSSR count). The number of carbonyl (C=O) groups is 2. The largest absolute Gasteiger partial charge is 0.480 e. The molecule has 0 aromatic rings. The van der Waals surface area contributed by atoms with Gasteiger partial charge in [-0.1, -0.05) is 0 Å². The van der Waals surface area contributed by atoms with Gasteiger partial charge in [-0.3, -0.25) is 4.79 Å². The van der Waals surface area contributed by atoms with Gasteiger partial charge < -0.3 is 14.7 Å². The van der Waals surface area contributed by atoms with Gasteiger partial charge in [-0.25, -0.2) is 4.79 Å². The standard InChI is InChI=1S/C8H13NO4/c1-5-3-13-4-7(8(11)12)9(5)6(2)10/h5,7H,3-4H2,1-2H3,(H,11,12)/t5-,7-/m0/s1. The van der Waals surface area contributed by atoms with Crippen LogP contribution in [0.3, 0.4) is 0 Å². The highest BCUT2D eigenvalue weighted by Crippen LogP contribution is 2.13. The van der Waals surface area contributed by atoms with Gasteiger partial charge in [-0.15, -0.1) is 0 Å². The van der Waals surface area contributed by atoms with Crippen molar-refractivity contribution in [2.75, 3.05) is 13.2 Å². The number of nitrogens with zero attached hydrogens (tertiary/aromatic N) is 1. The Morgan fingerprint density at radius 1 is 1.46 bits per heavy atom. The third kappa shape index (κ3) is 1.98. The lowest BCUT2D eigenvalue weighted by Gasteiger charge is -2.37. The first-order chi connectivity index (χ1) is 6.04. The van der Waals surface area contributed by atoms with Crippen molar-refractivity contribution in [2.24, 2.45) is 0 Å². The molecule has 0 saturated carbocycles. The fraction of sp³-hybridized carbons (Fsp3) is 0.750. The molecule has 1 heterocycles. The molecule has 1 aliphatic rings. The van der Waals surface area contributed by atoms with Crippen LogP contribution in [0.15, 0.2) is 0 Å². The van der Waals surface area contributed by atoms with Crippen LogP contribution in [0.4, 0.5) is 0 Å². The Morgan fingerprint density at radius 3 is 2.46 bits per heavy atom. The molecule has 2 atom stereocenters. The van der Waals surface area contributed by atoms with Crippen molar-refractivity contribution in [1.82, 2.24) is 4.90 Å². The maximum absolute atomic E-state index is 11.1. The van der Waals surface area contributed by atoms with Crippen LogP contribution in [0.25, 0.3) is 0 Å². The van der Waals surface area contributed by atoms with E-state index in [1.807, 2.05) is 0 Å². The second-order valence-electron chi connectivity index (χ2n) is 3.17. The molecule has 0 aromatic carbocycles. The molecule has 0 radical (unpaired) electrons. The molecule has 0 aromatic heterocycles. The summed E-state index contributed by atoms with van der Waals surface area (Å²) < 4.78 is 5.06. The van der Waals surface area contributed by atoms with E-state index < -0.39 is 12.0 Å². The second kappa shape index (κ2) is 3.74. The maximum atomic E-state index is 11.1. The molecule has 1 amide bonds. The zero-order chi connectivity index (χ0) is 10.0. The minimum atomic E-state index is -1.01. The van der Waals surface area contributed by atoms with Crippen LogP contribution in [0.1, 0.15) is 13.8 Å². The Kier molecular flexibility index (Phi) is 2.87. The Hall–Kier alpha value is -1.10. The number of amides is 1. The highest BCUT2D eigenvalue weighted by Gasteiger charge is 2.35. The lowest BCUT2D eigenvalue weighted by Crippen LogP contribution is -2.56. The molecule has 1 aliphatic heterocycles. The molecule has 0 bridgehead atoms. The van der Waals surface area contributed by atoms with Crippen LogP contribution < -0.4 is 0 Å². The number of ether oxygens (including phenoxy) is 1. The Balaban J connectivity index is 2.80. The summed E-state index contributed by atoms with van der Waals surface area (Å²) in [6.07, 6.45) is 0. The fourth-order valence-electron chi connectivity index (χ4n) is 1.54. The summed E-state index contributed by atoms with van der Waals surface area (Å²) in [5.74, 6) is -1.23. The number of rotatable bonds is 1. The number of morpholine rings is 1. The van der Waals surface area contributed by atoms with Gasteiger partial charge in [-0.2, -0.15) is 0 Å². The van der Waals surface area contributed by atoms with Crippen LogP contribution in [0.5, 0.6) is 0 Å². The van der Waals surface area contributed by atoms with Crippen molar-refractivity contribution in [3.8, 4) is 0 Å². The van der Waals surface area contributed by atoms with E-state index >= 15 is 0 Å². The minimum Gasteiger partial charge on any atom is -0.480 e. The topological polar surface area (TPSA) is 66.8 Å². The van der Waals surface area contributed by atoms with Crippen molar-refractivity contribution in [3.05, 3.63) is 0 Å². The number of carbonyl (C=O) groups excluding carboxylic acids is 1. The first-order valence-corrected chi connectivity index (χ1v) is 4.13. The Labute approximate surface area is 76.3 Å². The van der Waals surface area contributed by atoms with Gasteiger partial charge >= 0.3 is 5.97 Å². The van der Waals surface area contributed by atoms with Gasteiger partial charge in [0.05, 0.1) is 19.3 Å². The van der Waals surface area contributed by atoms with E-state index in [1.54, 1.807) is 6.92 Å². The first kappa shape index (κ1) is 9.98. The normalized spacial score (nSPS) is 28.6. The number of carboxylic acid groups (broad SMARTS) is 1. The Morgan fingerprint density at radius 2 is 2.08 bits per heavy atom. The molecular formula is C8H13NO4. The third-order valence-corrected chi connectivity index (χ3v) is 2.09. The second-order valence-corrected chi connectivity index (χ2v) is 3.17. The van der Waals surface area contributed by atoms with E-state index in [1.165, 1.54) is 11.8 Å². The summed E-state index contributed by atoms with van der Waals surface area (Å²) in [6, 6.07) is -0.992. The van der Waals surface area contributed by atoms with Crippen molar-refractivity contribution in [1.29, 1.82) is 0 Å². The zero-order valence-electron chi connectivity index (χ0n) is 7.69. The van der Waals surface area contributed by atoms with E-state index in [2.05, 4.69) is 0 Å². The number of aliphatic carboxylic acids is 1. The predicted octanol–water partition coefficient (Wildman–Crippen LogP) is -0.293. The highest BCUT2D eigenvalue weighted by atomic mass is 16.5. The molecular weight excluding hydrogens is 174 g/mol. The average Bonchev–Trinajstić information content (AvgIpc) is 2.02. The monoisotopic (exact) mass is 187 g/mol. The zero-order valence-corrected chi connectivity index (χ0v) is 7.69. The highest BCUT2D eigenvalue weighted by molar-refractivity contribution is 5.82. The molecule has 74 valence electrons. The van der Waals surface area contributed by atoms with Crippen LogP contribution in [-0.4, -0.2) is 47.2 Å². The van der Waals surface area contributed by atoms with Crippen LogP contribution >= 0.6 is 0 Å². The van der Waals surface area contributed by atoms with Gasteiger partial charge in [0.15, 0.2) is 6.04 Å². The number of carboxylic acids is 1. The molecule has 5 nitrogen and oxygen atoms in total. The molecule has 5 heteroatoms. The summed E-state index contributed by atoms with van der Waals surface area (Å²) in [7, 11) is 0. The minimum absolute atomic E-state index is 0.0826. The van der Waals surface area contributed by atoms with Crippen molar-refractivity contribution >= 4 is 11.9 Å².